The first-order valence-electron chi connectivity index (χ1n) is 7.39. The summed E-state index contributed by atoms with van der Waals surface area (Å²) in [4.78, 5) is 25.0. The molecule has 1 atom stereocenters. The zero-order valence-electron chi connectivity index (χ0n) is 12.4. The van der Waals surface area contributed by atoms with Gasteiger partial charge < -0.3 is 10.0 Å². The van der Waals surface area contributed by atoms with Gasteiger partial charge in [0.15, 0.2) is 5.82 Å². The number of hydrogen-bond acceptors (Lipinski definition) is 2. The maximum absolute atomic E-state index is 14.2. The van der Waals surface area contributed by atoms with E-state index in [0.717, 1.165) is 19.3 Å². The van der Waals surface area contributed by atoms with Gasteiger partial charge in [0, 0.05) is 19.0 Å². The number of benzene rings is 1. The SMILES string of the molecule is Cc1ccc(C(=O)N2CCCCC2CCC(=O)O)c(F)c1Cl. The summed E-state index contributed by atoms with van der Waals surface area (Å²) in [5.74, 6) is -1.99. The lowest BCUT2D eigenvalue weighted by molar-refractivity contribution is -0.137. The van der Waals surface area contributed by atoms with Crippen molar-refractivity contribution in [3.05, 3.63) is 34.1 Å². The molecule has 1 aromatic rings. The molecule has 120 valence electrons. The van der Waals surface area contributed by atoms with E-state index in [1.807, 2.05) is 0 Å². The molecule has 6 heteroatoms. The van der Waals surface area contributed by atoms with Gasteiger partial charge in [-0.2, -0.15) is 0 Å². The molecule has 22 heavy (non-hydrogen) atoms. The van der Waals surface area contributed by atoms with Gasteiger partial charge >= 0.3 is 5.97 Å². The predicted octanol–water partition coefficient (Wildman–Crippen LogP) is 3.65. The molecule has 0 radical (unpaired) electrons. The van der Waals surface area contributed by atoms with Crippen LogP contribution in [0.2, 0.25) is 5.02 Å². The van der Waals surface area contributed by atoms with Crippen molar-refractivity contribution in [2.24, 2.45) is 0 Å². The Labute approximate surface area is 133 Å². The fourth-order valence-electron chi connectivity index (χ4n) is 2.82. The number of hydrogen-bond donors (Lipinski definition) is 1. The van der Waals surface area contributed by atoms with Gasteiger partial charge in [-0.05, 0) is 44.2 Å². The van der Waals surface area contributed by atoms with Crippen molar-refractivity contribution in [3.8, 4) is 0 Å². The van der Waals surface area contributed by atoms with Crippen LogP contribution in [0.1, 0.15) is 48.0 Å². The lowest BCUT2D eigenvalue weighted by atomic mass is 9.96. The molecule has 1 fully saturated rings. The molecule has 1 N–H and O–H groups in total. The van der Waals surface area contributed by atoms with E-state index in [-0.39, 0.29) is 23.0 Å². The third-order valence-electron chi connectivity index (χ3n) is 4.09. The molecule has 0 spiro atoms. The minimum atomic E-state index is -0.887. The Morgan fingerprint density at radius 1 is 1.41 bits per heavy atom. The standard InChI is InChI=1S/C16H19ClFNO3/c1-10-5-7-12(15(18)14(10)17)16(22)19-9-3-2-4-11(19)6-8-13(20)21/h5,7,11H,2-4,6,8-9H2,1H3,(H,20,21). The molecule has 4 nitrogen and oxygen atoms in total. The van der Waals surface area contributed by atoms with E-state index in [9.17, 15) is 14.0 Å². The van der Waals surface area contributed by atoms with E-state index < -0.39 is 17.7 Å². The van der Waals surface area contributed by atoms with Gasteiger partial charge in [-0.1, -0.05) is 17.7 Å². The number of carboxylic acids is 1. The summed E-state index contributed by atoms with van der Waals surface area (Å²) in [7, 11) is 0. The molecule has 1 aliphatic heterocycles. The Kier molecular flexibility index (Phi) is 5.40. The van der Waals surface area contributed by atoms with Gasteiger partial charge in [-0.25, -0.2) is 4.39 Å². The summed E-state index contributed by atoms with van der Waals surface area (Å²) in [6.07, 6.45) is 2.94. The third kappa shape index (κ3) is 3.58. The van der Waals surface area contributed by atoms with Crippen molar-refractivity contribution in [3.63, 3.8) is 0 Å². The van der Waals surface area contributed by atoms with Gasteiger partial charge in [-0.15, -0.1) is 0 Å². The number of rotatable bonds is 4. The van der Waals surface area contributed by atoms with E-state index in [0.29, 0.717) is 18.5 Å². The summed E-state index contributed by atoms with van der Waals surface area (Å²) < 4.78 is 14.2. The highest BCUT2D eigenvalue weighted by Gasteiger charge is 2.29. The summed E-state index contributed by atoms with van der Waals surface area (Å²) in [5, 5.41) is 8.78. The van der Waals surface area contributed by atoms with Crippen LogP contribution in [-0.2, 0) is 4.79 Å². The van der Waals surface area contributed by atoms with Gasteiger partial charge in [0.05, 0.1) is 10.6 Å². The molecule has 0 saturated carbocycles. The number of halogens is 2. The maximum atomic E-state index is 14.2. The number of carbonyl (C=O) groups excluding carboxylic acids is 1. The minimum absolute atomic E-state index is 0.00554. The second-order valence-corrected chi connectivity index (χ2v) is 6.02. The monoisotopic (exact) mass is 327 g/mol. The van der Waals surface area contributed by atoms with Crippen LogP contribution in [0, 0.1) is 12.7 Å². The fraction of sp³-hybridized carbons (Fsp3) is 0.500. The molecule has 0 bridgehead atoms. The Hall–Kier alpha value is -1.62. The second kappa shape index (κ2) is 7.09. The van der Waals surface area contributed by atoms with E-state index in [2.05, 4.69) is 0 Å². The highest BCUT2D eigenvalue weighted by atomic mass is 35.5. The number of likely N-dealkylation sites (tertiary alicyclic amines) is 1. The first kappa shape index (κ1) is 16.7. The lowest BCUT2D eigenvalue weighted by Crippen LogP contribution is -2.44. The summed E-state index contributed by atoms with van der Waals surface area (Å²) >= 11 is 5.88. The molecule has 1 saturated heterocycles. The second-order valence-electron chi connectivity index (χ2n) is 5.64. The quantitative estimate of drug-likeness (QED) is 0.918. The number of aryl methyl sites for hydroxylation is 1. The van der Waals surface area contributed by atoms with Crippen molar-refractivity contribution in [1.82, 2.24) is 4.90 Å². The van der Waals surface area contributed by atoms with Gasteiger partial charge in [0.1, 0.15) is 0 Å². The average Bonchev–Trinajstić information content (AvgIpc) is 2.50. The zero-order valence-corrected chi connectivity index (χ0v) is 13.2. The summed E-state index contributed by atoms with van der Waals surface area (Å²) in [5.41, 5.74) is 0.537. The van der Waals surface area contributed by atoms with E-state index in [4.69, 9.17) is 16.7 Å². The first-order valence-corrected chi connectivity index (χ1v) is 7.77. The fourth-order valence-corrected chi connectivity index (χ4v) is 2.99. The van der Waals surface area contributed by atoms with Crippen molar-refractivity contribution in [2.75, 3.05) is 6.54 Å². The Morgan fingerprint density at radius 3 is 2.82 bits per heavy atom. The van der Waals surface area contributed by atoms with E-state index in [1.54, 1.807) is 17.9 Å². The molecule has 1 aliphatic rings. The van der Waals surface area contributed by atoms with Crippen molar-refractivity contribution in [2.45, 2.75) is 45.1 Å². The molecule has 2 rings (SSSR count). The molecular weight excluding hydrogens is 309 g/mol. The zero-order chi connectivity index (χ0) is 16.3. The largest absolute Gasteiger partial charge is 0.481 e. The van der Waals surface area contributed by atoms with Crippen molar-refractivity contribution >= 4 is 23.5 Å². The number of carbonyl (C=O) groups is 2. The topological polar surface area (TPSA) is 57.6 Å². The lowest BCUT2D eigenvalue weighted by Gasteiger charge is -2.36. The van der Waals surface area contributed by atoms with Crippen LogP contribution in [0.25, 0.3) is 0 Å². The van der Waals surface area contributed by atoms with Crippen LogP contribution in [0.3, 0.4) is 0 Å². The number of nitrogens with zero attached hydrogens (tertiary/aromatic N) is 1. The summed E-state index contributed by atoms with van der Waals surface area (Å²) in [6, 6.07) is 2.91. The highest BCUT2D eigenvalue weighted by molar-refractivity contribution is 6.31. The molecule has 0 aromatic heterocycles. The highest BCUT2D eigenvalue weighted by Crippen LogP contribution is 2.27. The number of piperidine rings is 1. The first-order chi connectivity index (χ1) is 10.4. The summed E-state index contributed by atoms with van der Waals surface area (Å²) in [6.45, 7) is 2.20. The van der Waals surface area contributed by atoms with Crippen LogP contribution < -0.4 is 0 Å². The van der Waals surface area contributed by atoms with Crippen molar-refractivity contribution in [1.29, 1.82) is 0 Å². The Bertz CT molecular complexity index is 591. The van der Waals surface area contributed by atoms with Crippen LogP contribution >= 0.6 is 11.6 Å². The third-order valence-corrected chi connectivity index (χ3v) is 4.55. The molecule has 1 heterocycles. The number of aliphatic carboxylic acids is 1. The number of carboxylic acid groups (broad SMARTS) is 1. The molecule has 1 amide bonds. The molecule has 0 aliphatic carbocycles. The average molecular weight is 328 g/mol. The van der Waals surface area contributed by atoms with Crippen LogP contribution in [0.4, 0.5) is 4.39 Å². The molecular formula is C16H19ClFNO3. The Morgan fingerprint density at radius 2 is 2.14 bits per heavy atom. The predicted molar refractivity (Wildman–Crippen MR) is 81.7 cm³/mol. The maximum Gasteiger partial charge on any atom is 0.303 e. The molecule has 1 aromatic carbocycles. The van der Waals surface area contributed by atoms with Crippen LogP contribution in [0.5, 0.6) is 0 Å². The minimum Gasteiger partial charge on any atom is -0.481 e. The van der Waals surface area contributed by atoms with Gasteiger partial charge in [0.25, 0.3) is 5.91 Å². The van der Waals surface area contributed by atoms with Crippen LogP contribution in [-0.4, -0.2) is 34.5 Å². The van der Waals surface area contributed by atoms with Crippen LogP contribution in [0.15, 0.2) is 12.1 Å². The Balaban J connectivity index is 2.22. The van der Waals surface area contributed by atoms with E-state index >= 15 is 0 Å². The van der Waals surface area contributed by atoms with Gasteiger partial charge in [-0.3, -0.25) is 9.59 Å². The van der Waals surface area contributed by atoms with Gasteiger partial charge in [0.2, 0.25) is 0 Å². The molecule has 1 unspecified atom stereocenters. The number of amides is 1. The normalized spacial score (nSPS) is 18.3. The smallest absolute Gasteiger partial charge is 0.303 e. The van der Waals surface area contributed by atoms with Crippen molar-refractivity contribution < 1.29 is 19.1 Å². The van der Waals surface area contributed by atoms with E-state index in [1.165, 1.54) is 6.07 Å².